The number of H-pyrrole nitrogens is 1. The van der Waals surface area contributed by atoms with Gasteiger partial charge in [0.2, 0.25) is 0 Å². The third-order valence-corrected chi connectivity index (χ3v) is 5.16. The first-order valence-corrected chi connectivity index (χ1v) is 8.74. The highest BCUT2D eigenvalue weighted by Crippen LogP contribution is 2.37. The number of carbonyl (C=O) groups is 1. The van der Waals surface area contributed by atoms with Gasteiger partial charge in [0, 0.05) is 43.6 Å². The lowest BCUT2D eigenvalue weighted by atomic mass is 9.94. The Balaban J connectivity index is 1.50. The van der Waals surface area contributed by atoms with Crippen LogP contribution in [0.4, 0.5) is 0 Å². The highest BCUT2D eigenvalue weighted by molar-refractivity contribution is 6.03. The summed E-state index contributed by atoms with van der Waals surface area (Å²) in [6.45, 7) is 5.30. The number of pyridine rings is 1. The lowest BCUT2D eigenvalue weighted by Crippen LogP contribution is -2.31. The molecule has 1 aliphatic rings. The van der Waals surface area contributed by atoms with E-state index in [4.69, 9.17) is 4.74 Å². The summed E-state index contributed by atoms with van der Waals surface area (Å²) in [5.74, 6) is 0.0894. The van der Waals surface area contributed by atoms with Crippen molar-refractivity contribution in [2.45, 2.75) is 26.4 Å². The number of imidazole rings is 1. The zero-order valence-corrected chi connectivity index (χ0v) is 15.1. The van der Waals surface area contributed by atoms with Crippen molar-refractivity contribution in [2.75, 3.05) is 13.2 Å². The van der Waals surface area contributed by atoms with Crippen molar-refractivity contribution >= 4 is 17.1 Å². The largest absolute Gasteiger partial charge is 0.373 e. The van der Waals surface area contributed by atoms with Crippen molar-refractivity contribution < 1.29 is 9.53 Å². The minimum atomic E-state index is -0.132. The molecular formula is C18H22N6O2. The van der Waals surface area contributed by atoms with E-state index < -0.39 is 0 Å². The molecule has 4 rings (SSSR count). The Morgan fingerprint density at radius 1 is 1.42 bits per heavy atom. The van der Waals surface area contributed by atoms with E-state index in [9.17, 15) is 4.79 Å². The van der Waals surface area contributed by atoms with Gasteiger partial charge in [-0.15, -0.1) is 0 Å². The molecule has 2 atom stereocenters. The number of aryl methyl sites for hydroxylation is 2. The van der Waals surface area contributed by atoms with Crippen LogP contribution in [-0.4, -0.2) is 43.8 Å². The van der Waals surface area contributed by atoms with Gasteiger partial charge in [-0.1, -0.05) is 0 Å². The number of hydrogen-bond donors (Lipinski definition) is 2. The Morgan fingerprint density at radius 3 is 3.04 bits per heavy atom. The first kappa shape index (κ1) is 16.7. The zero-order valence-electron chi connectivity index (χ0n) is 15.1. The summed E-state index contributed by atoms with van der Waals surface area (Å²) in [5, 5.41) is 7.54. The Labute approximate surface area is 151 Å². The van der Waals surface area contributed by atoms with Crippen molar-refractivity contribution in [2.24, 2.45) is 13.0 Å². The van der Waals surface area contributed by atoms with E-state index in [0.717, 1.165) is 23.4 Å². The molecule has 8 heteroatoms. The number of rotatable bonds is 4. The molecule has 0 saturated carbocycles. The average molecular weight is 354 g/mol. The Bertz CT molecular complexity index is 960. The Morgan fingerprint density at radius 2 is 2.27 bits per heavy atom. The molecule has 1 amide bonds. The van der Waals surface area contributed by atoms with Gasteiger partial charge in [0.05, 0.1) is 29.2 Å². The van der Waals surface area contributed by atoms with E-state index in [2.05, 4.69) is 32.3 Å². The van der Waals surface area contributed by atoms with E-state index in [-0.39, 0.29) is 17.9 Å². The monoisotopic (exact) mass is 354 g/mol. The zero-order chi connectivity index (χ0) is 18.3. The summed E-state index contributed by atoms with van der Waals surface area (Å²) in [6, 6.07) is 1.70. The number of nitrogens with one attached hydrogen (secondary N) is 2. The first-order valence-electron chi connectivity index (χ1n) is 8.74. The standard InChI is InChI=1S/C18H22N6O2/c1-10-14(11(2)24(3)23-10)16-12(5-7-26-16)8-20-18(25)13-4-6-19-17-15(13)21-9-22-17/h4,6,9,12,16H,5,7-8H2,1-3H3,(H,20,25)(H,19,21,22)/t12-,16+/m1/s1. The van der Waals surface area contributed by atoms with Gasteiger partial charge < -0.3 is 15.0 Å². The van der Waals surface area contributed by atoms with E-state index in [1.54, 1.807) is 18.6 Å². The lowest BCUT2D eigenvalue weighted by Gasteiger charge is -2.20. The molecule has 3 aromatic heterocycles. The fourth-order valence-corrected chi connectivity index (χ4v) is 3.72. The molecule has 1 saturated heterocycles. The fourth-order valence-electron chi connectivity index (χ4n) is 3.72. The van der Waals surface area contributed by atoms with Gasteiger partial charge in [-0.05, 0) is 26.3 Å². The predicted octanol–water partition coefficient (Wildman–Crippen LogP) is 1.82. The fraction of sp³-hybridized carbons (Fsp3) is 0.444. The van der Waals surface area contributed by atoms with Crippen LogP contribution in [0.3, 0.4) is 0 Å². The maximum Gasteiger partial charge on any atom is 0.253 e. The molecular weight excluding hydrogens is 332 g/mol. The molecule has 2 N–H and O–H groups in total. The number of nitrogens with zero attached hydrogens (tertiary/aromatic N) is 4. The third kappa shape index (κ3) is 2.76. The van der Waals surface area contributed by atoms with Crippen LogP contribution >= 0.6 is 0 Å². The average Bonchev–Trinajstić information content (AvgIpc) is 3.33. The number of amides is 1. The van der Waals surface area contributed by atoms with Crippen LogP contribution in [0.1, 0.15) is 39.8 Å². The molecule has 1 aliphatic heterocycles. The van der Waals surface area contributed by atoms with Gasteiger partial charge in [-0.2, -0.15) is 5.10 Å². The molecule has 1 fully saturated rings. The van der Waals surface area contributed by atoms with Crippen molar-refractivity contribution in [3.63, 3.8) is 0 Å². The van der Waals surface area contributed by atoms with Crippen LogP contribution in [0.2, 0.25) is 0 Å². The van der Waals surface area contributed by atoms with Crippen molar-refractivity contribution in [3.05, 3.63) is 41.1 Å². The van der Waals surface area contributed by atoms with Crippen molar-refractivity contribution in [3.8, 4) is 0 Å². The summed E-state index contributed by atoms with van der Waals surface area (Å²) in [5.41, 5.74) is 4.99. The molecule has 0 unspecified atom stereocenters. The Hall–Kier alpha value is -2.74. The van der Waals surface area contributed by atoms with Gasteiger partial charge >= 0.3 is 0 Å². The summed E-state index contributed by atoms with van der Waals surface area (Å²) < 4.78 is 7.87. The highest BCUT2D eigenvalue weighted by atomic mass is 16.5. The second-order valence-electron chi connectivity index (χ2n) is 6.72. The number of carbonyl (C=O) groups excluding carboxylic acids is 1. The van der Waals surface area contributed by atoms with Crippen LogP contribution in [0.5, 0.6) is 0 Å². The van der Waals surface area contributed by atoms with Crippen LogP contribution in [-0.2, 0) is 11.8 Å². The molecule has 26 heavy (non-hydrogen) atoms. The molecule has 136 valence electrons. The predicted molar refractivity (Wildman–Crippen MR) is 95.7 cm³/mol. The first-order chi connectivity index (χ1) is 12.6. The molecule has 3 aromatic rings. The van der Waals surface area contributed by atoms with Gasteiger partial charge in [0.25, 0.3) is 5.91 Å². The molecule has 0 aliphatic carbocycles. The highest BCUT2D eigenvalue weighted by Gasteiger charge is 2.33. The summed E-state index contributed by atoms with van der Waals surface area (Å²) >= 11 is 0. The second kappa shape index (κ2) is 6.53. The van der Waals surface area contributed by atoms with E-state index in [1.807, 2.05) is 18.7 Å². The number of fused-ring (bicyclic) bond motifs is 1. The van der Waals surface area contributed by atoms with Crippen molar-refractivity contribution in [1.29, 1.82) is 0 Å². The number of ether oxygens (including phenoxy) is 1. The third-order valence-electron chi connectivity index (χ3n) is 5.16. The Kier molecular flexibility index (Phi) is 4.20. The van der Waals surface area contributed by atoms with Crippen LogP contribution in [0, 0.1) is 19.8 Å². The lowest BCUT2D eigenvalue weighted by molar-refractivity contribution is 0.0840. The second-order valence-corrected chi connectivity index (χ2v) is 6.72. The van der Waals surface area contributed by atoms with E-state index >= 15 is 0 Å². The van der Waals surface area contributed by atoms with E-state index in [0.29, 0.717) is 29.9 Å². The number of aromatic amines is 1. The maximum atomic E-state index is 12.7. The molecule has 0 bridgehead atoms. The summed E-state index contributed by atoms with van der Waals surface area (Å²) in [7, 11) is 1.94. The van der Waals surface area contributed by atoms with Crippen LogP contribution < -0.4 is 5.32 Å². The topological polar surface area (TPSA) is 97.7 Å². The van der Waals surface area contributed by atoms with E-state index in [1.165, 1.54) is 0 Å². The normalized spacial score (nSPS) is 20.0. The van der Waals surface area contributed by atoms with Crippen LogP contribution in [0.15, 0.2) is 18.6 Å². The summed E-state index contributed by atoms with van der Waals surface area (Å²) in [4.78, 5) is 23.9. The number of aromatic nitrogens is 5. The molecule has 4 heterocycles. The molecule has 0 spiro atoms. The molecule has 0 aromatic carbocycles. The van der Waals surface area contributed by atoms with Crippen molar-refractivity contribution in [1.82, 2.24) is 30.0 Å². The SMILES string of the molecule is Cc1nn(C)c(C)c1[C@H]1OCC[C@@H]1CNC(=O)c1ccnc2nc[nH]c12. The quantitative estimate of drug-likeness (QED) is 0.745. The minimum absolute atomic E-state index is 0.0337. The molecule has 8 nitrogen and oxygen atoms in total. The number of hydrogen-bond acceptors (Lipinski definition) is 5. The maximum absolute atomic E-state index is 12.7. The summed E-state index contributed by atoms with van der Waals surface area (Å²) in [6.07, 6.45) is 4.02. The smallest absolute Gasteiger partial charge is 0.253 e. The minimum Gasteiger partial charge on any atom is -0.373 e. The van der Waals surface area contributed by atoms with Crippen LogP contribution in [0.25, 0.3) is 11.2 Å². The van der Waals surface area contributed by atoms with Gasteiger partial charge in [0.1, 0.15) is 0 Å². The molecule has 0 radical (unpaired) electrons. The van der Waals surface area contributed by atoms with Gasteiger partial charge in [-0.3, -0.25) is 9.48 Å². The van der Waals surface area contributed by atoms with Gasteiger partial charge in [0.15, 0.2) is 5.65 Å². The van der Waals surface area contributed by atoms with Gasteiger partial charge in [-0.25, -0.2) is 9.97 Å².